The van der Waals surface area contributed by atoms with Crippen molar-refractivity contribution < 1.29 is 31.2 Å². The smallest absolute Gasteiger partial charge is 0.276 e. The van der Waals surface area contributed by atoms with Crippen LogP contribution in [0.2, 0.25) is 0 Å². The van der Waals surface area contributed by atoms with Crippen LogP contribution in [0.25, 0.3) is 0 Å². The third-order valence-corrected chi connectivity index (χ3v) is 4.64. The first kappa shape index (κ1) is 18.7. The Hall–Kier alpha value is -2.59. The van der Waals surface area contributed by atoms with Crippen LogP contribution in [0.5, 0.6) is 0 Å². The van der Waals surface area contributed by atoms with Crippen molar-refractivity contribution in [2.24, 2.45) is 0 Å². The molecule has 6 nitrogen and oxygen atoms in total. The molecule has 0 fully saturated rings. The van der Waals surface area contributed by atoms with Gasteiger partial charge in [-0.3, -0.25) is 14.4 Å². The van der Waals surface area contributed by atoms with E-state index < -0.39 is 49.5 Å². The number of hydrogen-bond donors (Lipinski definition) is 1. The standard InChI is InChI=1S/C15H13F3N2O4S/c1-20(24-2)15(21)9-5-3-8-12(13(9)18)19-25(22,23)14-10(16)6-4-7-11(14)17/h3-8,19H,1-2H3. The summed E-state index contributed by atoms with van der Waals surface area (Å²) in [7, 11) is -2.35. The molecule has 0 aliphatic heterocycles. The molecule has 0 bridgehead atoms. The molecule has 10 heteroatoms. The first-order chi connectivity index (χ1) is 11.7. The Labute approximate surface area is 141 Å². The van der Waals surface area contributed by atoms with Gasteiger partial charge in [0.15, 0.2) is 10.7 Å². The third-order valence-electron chi connectivity index (χ3n) is 3.22. The topological polar surface area (TPSA) is 75.7 Å². The molecule has 25 heavy (non-hydrogen) atoms. The minimum atomic E-state index is -4.76. The Kier molecular flexibility index (Phi) is 5.33. The zero-order chi connectivity index (χ0) is 18.8. The molecule has 0 unspecified atom stereocenters. The molecular weight excluding hydrogens is 361 g/mol. The minimum Gasteiger partial charge on any atom is -0.276 e. The van der Waals surface area contributed by atoms with Gasteiger partial charge in [-0.15, -0.1) is 0 Å². The van der Waals surface area contributed by atoms with Gasteiger partial charge in [-0.1, -0.05) is 12.1 Å². The van der Waals surface area contributed by atoms with Crippen molar-refractivity contribution in [3.63, 3.8) is 0 Å². The maximum absolute atomic E-state index is 14.4. The molecule has 1 N–H and O–H groups in total. The summed E-state index contributed by atoms with van der Waals surface area (Å²) >= 11 is 0. The van der Waals surface area contributed by atoms with E-state index in [1.807, 2.05) is 0 Å². The summed E-state index contributed by atoms with van der Waals surface area (Å²) in [5.74, 6) is -4.76. The largest absolute Gasteiger partial charge is 0.280 e. The first-order valence-corrected chi connectivity index (χ1v) is 8.25. The molecule has 2 aromatic carbocycles. The maximum atomic E-state index is 14.4. The molecule has 2 rings (SSSR count). The Balaban J connectivity index is 2.46. The van der Waals surface area contributed by atoms with Crippen LogP contribution in [0.4, 0.5) is 18.9 Å². The molecule has 0 heterocycles. The lowest BCUT2D eigenvalue weighted by molar-refractivity contribution is -0.0759. The number of nitrogens with one attached hydrogen (secondary N) is 1. The van der Waals surface area contributed by atoms with E-state index in [1.54, 1.807) is 4.72 Å². The average Bonchev–Trinajstić information content (AvgIpc) is 2.54. The second-order valence-corrected chi connectivity index (χ2v) is 6.43. The maximum Gasteiger partial charge on any atom is 0.280 e. The number of hydroxylamine groups is 2. The van der Waals surface area contributed by atoms with Crippen molar-refractivity contribution in [3.05, 3.63) is 59.4 Å². The van der Waals surface area contributed by atoms with Crippen LogP contribution in [0.1, 0.15) is 10.4 Å². The van der Waals surface area contributed by atoms with Crippen LogP contribution >= 0.6 is 0 Å². The molecule has 0 spiro atoms. The van der Waals surface area contributed by atoms with Gasteiger partial charge in [0.05, 0.1) is 18.4 Å². The molecule has 2 aromatic rings. The summed E-state index contributed by atoms with van der Waals surface area (Å²) < 4.78 is 67.9. The van der Waals surface area contributed by atoms with Gasteiger partial charge in [-0.25, -0.2) is 26.7 Å². The van der Waals surface area contributed by atoms with Crippen molar-refractivity contribution in [1.82, 2.24) is 5.06 Å². The average molecular weight is 374 g/mol. The summed E-state index contributed by atoms with van der Waals surface area (Å²) in [6, 6.07) is 5.81. The first-order valence-electron chi connectivity index (χ1n) is 6.76. The number of anilines is 1. The predicted molar refractivity (Wildman–Crippen MR) is 82.7 cm³/mol. The third kappa shape index (κ3) is 3.74. The summed E-state index contributed by atoms with van der Waals surface area (Å²) in [5, 5.41) is 0.729. The van der Waals surface area contributed by atoms with Gasteiger partial charge in [-0.2, -0.15) is 0 Å². The summed E-state index contributed by atoms with van der Waals surface area (Å²) in [5.41, 5.74) is -1.13. The molecule has 0 aliphatic carbocycles. The molecule has 0 atom stereocenters. The van der Waals surface area contributed by atoms with Gasteiger partial charge in [0.2, 0.25) is 0 Å². The molecule has 0 aliphatic rings. The summed E-state index contributed by atoms with van der Waals surface area (Å²) in [4.78, 5) is 15.3. The quantitative estimate of drug-likeness (QED) is 0.816. The van der Waals surface area contributed by atoms with Gasteiger partial charge >= 0.3 is 0 Å². The second-order valence-electron chi connectivity index (χ2n) is 4.81. The van der Waals surface area contributed by atoms with E-state index in [0.717, 1.165) is 35.4 Å². The monoisotopic (exact) mass is 374 g/mol. The number of amides is 1. The van der Waals surface area contributed by atoms with E-state index in [2.05, 4.69) is 4.84 Å². The van der Waals surface area contributed by atoms with Crippen LogP contribution < -0.4 is 4.72 Å². The molecular formula is C15H13F3N2O4S. The van der Waals surface area contributed by atoms with Crippen molar-refractivity contribution in [3.8, 4) is 0 Å². The molecule has 0 saturated carbocycles. The summed E-state index contributed by atoms with van der Waals surface area (Å²) in [6.07, 6.45) is 0. The van der Waals surface area contributed by atoms with Crippen molar-refractivity contribution in [2.45, 2.75) is 4.90 Å². The summed E-state index contributed by atoms with van der Waals surface area (Å²) in [6.45, 7) is 0. The van der Waals surface area contributed by atoms with Gasteiger partial charge in [0, 0.05) is 7.05 Å². The number of carbonyl (C=O) groups is 1. The molecule has 134 valence electrons. The number of halogens is 3. The normalized spacial score (nSPS) is 11.2. The van der Waals surface area contributed by atoms with E-state index in [0.29, 0.717) is 0 Å². The highest BCUT2D eigenvalue weighted by Gasteiger charge is 2.26. The zero-order valence-electron chi connectivity index (χ0n) is 13.1. The fourth-order valence-corrected chi connectivity index (χ4v) is 3.16. The van der Waals surface area contributed by atoms with E-state index in [-0.39, 0.29) is 0 Å². The van der Waals surface area contributed by atoms with Crippen LogP contribution in [0.15, 0.2) is 41.3 Å². The van der Waals surface area contributed by atoms with Gasteiger partial charge < -0.3 is 0 Å². The van der Waals surface area contributed by atoms with Gasteiger partial charge in [-0.05, 0) is 24.3 Å². The SMILES string of the molecule is CON(C)C(=O)c1cccc(NS(=O)(=O)c2c(F)cccc2F)c1F. The number of benzene rings is 2. The molecule has 0 aromatic heterocycles. The molecule has 0 saturated heterocycles. The predicted octanol–water partition coefficient (Wildman–Crippen LogP) is 2.54. The Bertz CT molecular complexity index is 899. The number of hydrogen-bond acceptors (Lipinski definition) is 4. The highest BCUT2D eigenvalue weighted by molar-refractivity contribution is 7.92. The Morgan fingerprint density at radius 3 is 2.20 bits per heavy atom. The Morgan fingerprint density at radius 1 is 1.08 bits per heavy atom. The van der Waals surface area contributed by atoms with Crippen molar-refractivity contribution >= 4 is 21.6 Å². The number of carbonyl (C=O) groups excluding carboxylic acids is 1. The molecule has 1 amide bonds. The molecule has 0 radical (unpaired) electrons. The zero-order valence-corrected chi connectivity index (χ0v) is 13.9. The van der Waals surface area contributed by atoms with Crippen LogP contribution in [0.3, 0.4) is 0 Å². The second kappa shape index (κ2) is 7.11. The lowest BCUT2D eigenvalue weighted by Crippen LogP contribution is -2.27. The highest BCUT2D eigenvalue weighted by Crippen LogP contribution is 2.25. The van der Waals surface area contributed by atoms with E-state index in [9.17, 15) is 26.4 Å². The van der Waals surface area contributed by atoms with E-state index in [1.165, 1.54) is 20.2 Å². The fraction of sp³-hybridized carbons (Fsp3) is 0.133. The van der Waals surface area contributed by atoms with Crippen LogP contribution in [-0.2, 0) is 14.9 Å². The van der Waals surface area contributed by atoms with Gasteiger partial charge in [0.1, 0.15) is 11.6 Å². The number of rotatable bonds is 5. The van der Waals surface area contributed by atoms with Crippen LogP contribution in [0, 0.1) is 17.5 Å². The minimum absolute atomic E-state index is 0.487. The Morgan fingerprint density at radius 2 is 1.64 bits per heavy atom. The lowest BCUT2D eigenvalue weighted by atomic mass is 10.2. The van der Waals surface area contributed by atoms with Crippen LogP contribution in [-0.4, -0.2) is 33.5 Å². The lowest BCUT2D eigenvalue weighted by Gasteiger charge is -2.16. The van der Waals surface area contributed by atoms with Crippen molar-refractivity contribution in [1.29, 1.82) is 0 Å². The van der Waals surface area contributed by atoms with Gasteiger partial charge in [0.25, 0.3) is 15.9 Å². The highest BCUT2D eigenvalue weighted by atomic mass is 32.2. The van der Waals surface area contributed by atoms with E-state index >= 15 is 0 Å². The van der Waals surface area contributed by atoms with Crippen molar-refractivity contribution in [2.75, 3.05) is 18.9 Å². The number of sulfonamides is 1. The fourth-order valence-electron chi connectivity index (χ4n) is 1.96. The number of nitrogens with zero attached hydrogens (tertiary/aromatic N) is 1. The van der Waals surface area contributed by atoms with E-state index in [4.69, 9.17) is 0 Å².